The van der Waals surface area contributed by atoms with E-state index in [0.717, 1.165) is 17.6 Å². The second-order valence-electron chi connectivity index (χ2n) is 5.12. The molecule has 0 saturated heterocycles. The molecule has 0 unspecified atom stereocenters. The summed E-state index contributed by atoms with van der Waals surface area (Å²) in [6.07, 6.45) is 1.59. The van der Waals surface area contributed by atoms with Crippen molar-refractivity contribution in [3.05, 3.63) is 6.33 Å². The van der Waals surface area contributed by atoms with Crippen molar-refractivity contribution in [2.45, 2.75) is 27.7 Å². The lowest BCUT2D eigenvalue weighted by Gasteiger charge is -2.04. The molecule has 0 atom stereocenters. The average Bonchev–Trinajstić information content (AvgIpc) is 2.54. The van der Waals surface area contributed by atoms with Crippen LogP contribution in [0.5, 0.6) is 0 Å². The summed E-state index contributed by atoms with van der Waals surface area (Å²) in [6, 6.07) is 0. The molecule has 1 heterocycles. The molecule has 0 amide bonds. The molecule has 1 aliphatic rings. The van der Waals surface area contributed by atoms with Gasteiger partial charge in [0.25, 0.3) is 0 Å². The highest BCUT2D eigenvalue weighted by Gasteiger charge is 2.64. The van der Waals surface area contributed by atoms with E-state index in [1.807, 2.05) is 0 Å². The minimum absolute atomic E-state index is 0.449. The zero-order chi connectivity index (χ0) is 10.4. The first-order chi connectivity index (χ1) is 6.46. The number of anilines is 1. The number of hydrogen-bond acceptors (Lipinski definition) is 4. The highest BCUT2D eigenvalue weighted by Crippen LogP contribution is 2.68. The lowest BCUT2D eigenvalue weighted by atomic mass is 10.0. The molecule has 1 aromatic rings. The Bertz CT molecular complexity index is 302. The van der Waals surface area contributed by atoms with Crippen molar-refractivity contribution in [2.24, 2.45) is 16.7 Å². The Labute approximate surface area is 89.1 Å². The molecule has 0 radical (unpaired) electrons. The molecule has 4 heteroatoms. The third-order valence-electron chi connectivity index (χ3n) is 4.14. The third-order valence-corrected chi connectivity index (χ3v) is 4.76. The molecule has 3 nitrogen and oxygen atoms in total. The lowest BCUT2D eigenvalue weighted by Crippen LogP contribution is -2.07. The van der Waals surface area contributed by atoms with Gasteiger partial charge < -0.3 is 5.32 Å². The van der Waals surface area contributed by atoms with Crippen LogP contribution in [0.3, 0.4) is 0 Å². The predicted molar refractivity (Wildman–Crippen MR) is 59.5 cm³/mol. The maximum atomic E-state index is 4.11. The first kappa shape index (κ1) is 9.90. The summed E-state index contributed by atoms with van der Waals surface area (Å²) >= 11 is 1.42. The van der Waals surface area contributed by atoms with Gasteiger partial charge in [0.15, 0.2) is 0 Å². The fraction of sp³-hybridized carbons (Fsp3) is 0.800. The van der Waals surface area contributed by atoms with Crippen LogP contribution >= 0.6 is 11.5 Å². The van der Waals surface area contributed by atoms with Crippen LogP contribution in [0.2, 0.25) is 0 Å². The number of nitrogens with one attached hydrogen (secondary N) is 1. The standard InChI is InChI=1S/C10H17N3S/c1-9(2)7(10(9,3)4)5-11-8-12-6-13-14-8/h6-7H,5H2,1-4H3,(H,11,12,13). The highest BCUT2D eigenvalue weighted by atomic mass is 32.1. The molecular formula is C10H17N3S. The van der Waals surface area contributed by atoms with Gasteiger partial charge in [-0.3, -0.25) is 0 Å². The van der Waals surface area contributed by atoms with Crippen molar-refractivity contribution in [3.8, 4) is 0 Å². The first-order valence-corrected chi connectivity index (χ1v) is 5.74. The van der Waals surface area contributed by atoms with Crippen molar-refractivity contribution < 1.29 is 0 Å². The van der Waals surface area contributed by atoms with Gasteiger partial charge in [-0.1, -0.05) is 27.7 Å². The van der Waals surface area contributed by atoms with Gasteiger partial charge >= 0.3 is 0 Å². The molecular weight excluding hydrogens is 194 g/mol. The van der Waals surface area contributed by atoms with Crippen LogP contribution < -0.4 is 5.32 Å². The maximum Gasteiger partial charge on any atom is 0.202 e. The van der Waals surface area contributed by atoms with Crippen LogP contribution in [-0.4, -0.2) is 15.9 Å². The summed E-state index contributed by atoms with van der Waals surface area (Å²) in [7, 11) is 0. The Morgan fingerprint density at radius 3 is 2.43 bits per heavy atom. The molecule has 1 aromatic heterocycles. The van der Waals surface area contributed by atoms with Gasteiger partial charge in [-0.2, -0.15) is 4.37 Å². The Balaban J connectivity index is 1.90. The molecule has 0 aromatic carbocycles. The van der Waals surface area contributed by atoms with E-state index in [2.05, 4.69) is 42.4 Å². The zero-order valence-electron chi connectivity index (χ0n) is 9.16. The van der Waals surface area contributed by atoms with Crippen LogP contribution in [0.15, 0.2) is 6.33 Å². The van der Waals surface area contributed by atoms with E-state index in [1.54, 1.807) is 6.33 Å². The Morgan fingerprint density at radius 2 is 2.00 bits per heavy atom. The monoisotopic (exact) mass is 211 g/mol. The zero-order valence-corrected chi connectivity index (χ0v) is 9.98. The Morgan fingerprint density at radius 1 is 1.36 bits per heavy atom. The van der Waals surface area contributed by atoms with Crippen molar-refractivity contribution in [2.75, 3.05) is 11.9 Å². The molecule has 1 fully saturated rings. The van der Waals surface area contributed by atoms with Gasteiger partial charge in [0.2, 0.25) is 5.13 Å². The van der Waals surface area contributed by atoms with E-state index in [4.69, 9.17) is 0 Å². The third kappa shape index (κ3) is 1.32. The summed E-state index contributed by atoms with van der Waals surface area (Å²) < 4.78 is 3.96. The Hall–Kier alpha value is -0.640. The highest BCUT2D eigenvalue weighted by molar-refractivity contribution is 7.09. The Kier molecular flexibility index (Phi) is 2.07. The summed E-state index contributed by atoms with van der Waals surface area (Å²) in [6.45, 7) is 10.3. The van der Waals surface area contributed by atoms with E-state index < -0.39 is 0 Å². The number of hydrogen-bond donors (Lipinski definition) is 1. The van der Waals surface area contributed by atoms with Gasteiger partial charge in [0.05, 0.1) is 0 Å². The average molecular weight is 211 g/mol. The molecule has 0 spiro atoms. The number of aromatic nitrogens is 2. The van der Waals surface area contributed by atoms with Gasteiger partial charge in [-0.05, 0) is 16.7 Å². The molecule has 1 N–H and O–H groups in total. The van der Waals surface area contributed by atoms with E-state index in [-0.39, 0.29) is 0 Å². The van der Waals surface area contributed by atoms with Gasteiger partial charge in [-0.15, -0.1) is 0 Å². The van der Waals surface area contributed by atoms with Gasteiger partial charge in [-0.25, -0.2) is 4.98 Å². The van der Waals surface area contributed by atoms with Crippen molar-refractivity contribution >= 4 is 16.7 Å². The van der Waals surface area contributed by atoms with Crippen molar-refractivity contribution in [3.63, 3.8) is 0 Å². The minimum Gasteiger partial charge on any atom is -0.360 e. The van der Waals surface area contributed by atoms with Gasteiger partial charge in [0.1, 0.15) is 6.33 Å². The second kappa shape index (κ2) is 2.92. The quantitative estimate of drug-likeness (QED) is 0.835. The topological polar surface area (TPSA) is 37.8 Å². The second-order valence-corrected chi connectivity index (χ2v) is 5.90. The van der Waals surface area contributed by atoms with E-state index >= 15 is 0 Å². The van der Waals surface area contributed by atoms with Crippen molar-refractivity contribution in [1.82, 2.24) is 9.36 Å². The lowest BCUT2D eigenvalue weighted by molar-refractivity contribution is 0.457. The smallest absolute Gasteiger partial charge is 0.202 e. The van der Waals surface area contributed by atoms with Crippen LogP contribution in [0, 0.1) is 16.7 Å². The van der Waals surface area contributed by atoms with E-state index in [9.17, 15) is 0 Å². The van der Waals surface area contributed by atoms with E-state index in [0.29, 0.717) is 10.8 Å². The van der Waals surface area contributed by atoms with E-state index in [1.165, 1.54) is 11.5 Å². The fourth-order valence-electron chi connectivity index (χ4n) is 2.28. The normalized spacial score (nSPS) is 23.4. The molecule has 0 bridgehead atoms. The summed E-state index contributed by atoms with van der Waals surface area (Å²) in [4.78, 5) is 4.11. The SMILES string of the molecule is CC1(C)C(CNc2ncns2)C1(C)C. The summed E-state index contributed by atoms with van der Waals surface area (Å²) in [5.74, 6) is 0.735. The van der Waals surface area contributed by atoms with Crippen LogP contribution in [-0.2, 0) is 0 Å². The molecule has 14 heavy (non-hydrogen) atoms. The maximum absolute atomic E-state index is 4.11. The van der Waals surface area contributed by atoms with Gasteiger partial charge in [0, 0.05) is 18.1 Å². The van der Waals surface area contributed by atoms with Crippen molar-refractivity contribution in [1.29, 1.82) is 0 Å². The summed E-state index contributed by atoms with van der Waals surface area (Å²) in [5, 5.41) is 4.28. The predicted octanol–water partition coefficient (Wildman–Crippen LogP) is 2.63. The fourth-order valence-corrected chi connectivity index (χ4v) is 2.72. The summed E-state index contributed by atoms with van der Waals surface area (Å²) in [5.41, 5.74) is 0.898. The van der Waals surface area contributed by atoms with Crippen LogP contribution in [0.25, 0.3) is 0 Å². The molecule has 1 saturated carbocycles. The van der Waals surface area contributed by atoms with Crippen LogP contribution in [0.4, 0.5) is 5.13 Å². The minimum atomic E-state index is 0.449. The molecule has 78 valence electrons. The molecule has 0 aliphatic heterocycles. The molecule has 1 aliphatic carbocycles. The number of nitrogens with zero attached hydrogens (tertiary/aromatic N) is 2. The number of rotatable bonds is 3. The van der Waals surface area contributed by atoms with Crippen LogP contribution in [0.1, 0.15) is 27.7 Å². The first-order valence-electron chi connectivity index (χ1n) is 4.97. The molecule has 2 rings (SSSR count). The largest absolute Gasteiger partial charge is 0.360 e.